The van der Waals surface area contributed by atoms with Crippen molar-refractivity contribution in [3.8, 4) is 0 Å². The van der Waals surface area contributed by atoms with E-state index in [2.05, 4.69) is 27.8 Å². The summed E-state index contributed by atoms with van der Waals surface area (Å²) >= 11 is 0. The van der Waals surface area contributed by atoms with Gasteiger partial charge in [-0.25, -0.2) is 13.1 Å². The fraction of sp³-hybridized carbons (Fsp3) is 0.292. The highest BCUT2D eigenvalue weighted by Gasteiger charge is 2.41. The van der Waals surface area contributed by atoms with Gasteiger partial charge in [-0.3, -0.25) is 9.69 Å². The van der Waals surface area contributed by atoms with Gasteiger partial charge in [0.25, 0.3) is 0 Å². The van der Waals surface area contributed by atoms with E-state index in [0.717, 1.165) is 21.9 Å². The van der Waals surface area contributed by atoms with Gasteiger partial charge in [-0.15, -0.1) is 0 Å². The van der Waals surface area contributed by atoms with E-state index in [1.165, 1.54) is 0 Å². The molecule has 1 aliphatic heterocycles. The summed E-state index contributed by atoms with van der Waals surface area (Å²) in [6.45, 7) is 4.31. The first-order chi connectivity index (χ1) is 15.0. The van der Waals surface area contributed by atoms with E-state index in [9.17, 15) is 13.2 Å². The molecule has 1 heterocycles. The smallest absolute Gasteiger partial charge is 0.241 e. The summed E-state index contributed by atoms with van der Waals surface area (Å²) in [5, 5.41) is 2.24. The molecule has 0 radical (unpaired) electrons. The molecule has 0 unspecified atom stereocenters. The number of nitrogens with one attached hydrogen (secondary N) is 1. The Hall–Kier alpha value is -2.74. The summed E-state index contributed by atoms with van der Waals surface area (Å²) in [6, 6.07) is 20.3. The molecule has 6 nitrogen and oxygen atoms in total. The summed E-state index contributed by atoms with van der Waals surface area (Å²) < 4.78 is 29.5. The van der Waals surface area contributed by atoms with E-state index in [4.69, 9.17) is 0 Å². The van der Waals surface area contributed by atoms with Gasteiger partial charge in [0.1, 0.15) is 0 Å². The molecule has 2 aliphatic rings. The Morgan fingerprint density at radius 3 is 2.16 bits per heavy atom. The van der Waals surface area contributed by atoms with Crippen molar-refractivity contribution in [1.29, 1.82) is 0 Å². The molecule has 0 spiro atoms. The topological polar surface area (TPSA) is 69.7 Å². The number of amides is 1. The second-order valence-electron chi connectivity index (χ2n) is 8.19. The Balaban J connectivity index is 1.55. The highest BCUT2D eigenvalue weighted by atomic mass is 32.2. The summed E-state index contributed by atoms with van der Waals surface area (Å²) in [5.74, 6) is 0.0813. The Morgan fingerprint density at radius 2 is 1.52 bits per heavy atom. The number of benzene rings is 3. The Labute approximate surface area is 182 Å². The van der Waals surface area contributed by atoms with Gasteiger partial charge < -0.3 is 4.90 Å². The van der Waals surface area contributed by atoms with Crippen LogP contribution in [0, 0.1) is 0 Å². The average molecular weight is 436 g/mol. The van der Waals surface area contributed by atoms with Crippen molar-refractivity contribution in [2.75, 3.05) is 26.2 Å². The first kappa shape index (κ1) is 20.2. The Bertz CT molecular complexity index is 1230. The highest BCUT2D eigenvalue weighted by Crippen LogP contribution is 2.47. The lowest BCUT2D eigenvalue weighted by Crippen LogP contribution is -2.50. The largest absolute Gasteiger partial charge is 0.340 e. The van der Waals surface area contributed by atoms with Gasteiger partial charge in [-0.1, -0.05) is 54.6 Å². The molecule has 1 saturated heterocycles. The second kappa shape index (κ2) is 7.75. The molecule has 2 atom stereocenters. The van der Waals surface area contributed by atoms with Crippen LogP contribution in [0.15, 0.2) is 71.6 Å². The van der Waals surface area contributed by atoms with E-state index >= 15 is 0 Å². The molecule has 3 aromatic carbocycles. The van der Waals surface area contributed by atoms with E-state index in [1.54, 1.807) is 31.2 Å². The quantitative estimate of drug-likeness (QED) is 0.684. The normalized spacial score (nSPS) is 21.5. The highest BCUT2D eigenvalue weighted by molar-refractivity contribution is 7.89. The molecule has 1 N–H and O–H groups in total. The number of piperazine rings is 1. The van der Waals surface area contributed by atoms with Crippen LogP contribution < -0.4 is 4.72 Å². The van der Waals surface area contributed by atoms with Crippen LogP contribution in [0.1, 0.15) is 30.1 Å². The number of hydrogen-bond acceptors (Lipinski definition) is 4. The van der Waals surface area contributed by atoms with Gasteiger partial charge in [-0.05, 0) is 34.0 Å². The van der Waals surface area contributed by atoms with Crippen LogP contribution >= 0.6 is 0 Å². The fourth-order valence-corrected chi connectivity index (χ4v) is 6.18. The molecule has 5 rings (SSSR count). The molecule has 3 aromatic rings. The van der Waals surface area contributed by atoms with Gasteiger partial charge in [0.15, 0.2) is 0 Å². The molecular weight excluding hydrogens is 410 g/mol. The fourth-order valence-electron chi connectivity index (χ4n) is 4.94. The number of nitrogens with zero attached hydrogens (tertiary/aromatic N) is 2. The minimum Gasteiger partial charge on any atom is -0.340 e. The summed E-state index contributed by atoms with van der Waals surface area (Å²) in [6.07, 6.45) is 0. The molecule has 1 aliphatic carbocycles. The molecular formula is C24H25N3O3S. The molecule has 0 saturated carbocycles. The maximum absolute atomic E-state index is 13.2. The monoisotopic (exact) mass is 435 g/mol. The first-order valence-corrected chi connectivity index (χ1v) is 12.0. The average Bonchev–Trinajstić information content (AvgIpc) is 3.09. The van der Waals surface area contributed by atoms with Crippen LogP contribution in [0.3, 0.4) is 0 Å². The minimum atomic E-state index is -3.70. The lowest BCUT2D eigenvalue weighted by molar-refractivity contribution is -0.130. The van der Waals surface area contributed by atoms with Gasteiger partial charge in [0.05, 0.1) is 17.0 Å². The van der Waals surface area contributed by atoms with E-state index < -0.39 is 16.1 Å². The molecule has 160 valence electrons. The Morgan fingerprint density at radius 1 is 0.871 bits per heavy atom. The van der Waals surface area contributed by atoms with Crippen molar-refractivity contribution in [3.63, 3.8) is 0 Å². The van der Waals surface area contributed by atoms with Crippen LogP contribution in [0.4, 0.5) is 0 Å². The maximum atomic E-state index is 13.2. The van der Waals surface area contributed by atoms with Gasteiger partial charge in [-0.2, -0.15) is 0 Å². The predicted molar refractivity (Wildman–Crippen MR) is 120 cm³/mol. The molecule has 0 bridgehead atoms. The van der Waals surface area contributed by atoms with Crippen molar-refractivity contribution < 1.29 is 13.2 Å². The Kier molecular flexibility index (Phi) is 5.04. The van der Waals surface area contributed by atoms with Crippen molar-refractivity contribution in [3.05, 3.63) is 77.9 Å². The summed E-state index contributed by atoms with van der Waals surface area (Å²) in [7, 11) is -3.70. The molecule has 1 amide bonds. The zero-order valence-electron chi connectivity index (χ0n) is 17.4. The van der Waals surface area contributed by atoms with Gasteiger partial charge in [0.2, 0.25) is 15.9 Å². The van der Waals surface area contributed by atoms with E-state index in [0.29, 0.717) is 26.2 Å². The lowest BCUT2D eigenvalue weighted by atomic mass is 10.0. The number of carbonyl (C=O) groups is 1. The van der Waals surface area contributed by atoms with Crippen molar-refractivity contribution >= 4 is 26.7 Å². The van der Waals surface area contributed by atoms with Crippen LogP contribution in [0.2, 0.25) is 0 Å². The molecule has 7 heteroatoms. The van der Waals surface area contributed by atoms with Crippen molar-refractivity contribution in [1.82, 2.24) is 14.5 Å². The second-order valence-corrected chi connectivity index (χ2v) is 9.91. The van der Waals surface area contributed by atoms with E-state index in [1.807, 2.05) is 29.2 Å². The zero-order chi connectivity index (χ0) is 21.6. The first-order valence-electron chi connectivity index (χ1n) is 10.5. The van der Waals surface area contributed by atoms with Crippen LogP contribution in [-0.4, -0.2) is 50.3 Å². The van der Waals surface area contributed by atoms with Crippen LogP contribution in [-0.2, 0) is 14.8 Å². The minimum absolute atomic E-state index is 0.0813. The van der Waals surface area contributed by atoms with Crippen molar-refractivity contribution in [2.24, 2.45) is 0 Å². The molecule has 0 aromatic heterocycles. The van der Waals surface area contributed by atoms with Crippen LogP contribution in [0.5, 0.6) is 0 Å². The number of hydrogen-bond donors (Lipinski definition) is 1. The molecule has 1 fully saturated rings. The third kappa shape index (κ3) is 3.52. The number of carbonyl (C=O) groups excluding carboxylic acids is 1. The number of rotatable bonds is 4. The standard InChI is InChI=1S/C24H25N3O3S/c1-17(28)26-13-15-27(16-14-26)24-21-12-6-8-18-7-5-11-20(22(18)21)23(24)25-31(29,30)19-9-3-2-4-10-19/h2-12,23-25H,13-16H2,1H3/t23-,24+/m1/s1. The van der Waals surface area contributed by atoms with Gasteiger partial charge >= 0.3 is 0 Å². The third-order valence-corrected chi connectivity index (χ3v) is 7.88. The van der Waals surface area contributed by atoms with Crippen LogP contribution in [0.25, 0.3) is 10.8 Å². The summed E-state index contributed by atoms with van der Waals surface area (Å²) in [4.78, 5) is 16.2. The van der Waals surface area contributed by atoms with E-state index in [-0.39, 0.29) is 16.8 Å². The molecule has 31 heavy (non-hydrogen) atoms. The summed E-state index contributed by atoms with van der Waals surface area (Å²) in [5.41, 5.74) is 2.15. The maximum Gasteiger partial charge on any atom is 0.241 e. The predicted octanol–water partition coefficient (Wildman–Crippen LogP) is 3.08. The number of sulfonamides is 1. The zero-order valence-corrected chi connectivity index (χ0v) is 18.2. The lowest BCUT2D eigenvalue weighted by Gasteiger charge is -2.40. The SMILES string of the molecule is CC(=O)N1CCN([C@H]2c3cccc4cccc(c34)[C@H]2NS(=O)(=O)c2ccccc2)CC1. The van der Waals surface area contributed by atoms with Gasteiger partial charge in [0, 0.05) is 33.1 Å². The van der Waals surface area contributed by atoms with Crippen molar-refractivity contribution in [2.45, 2.75) is 23.9 Å². The third-order valence-electron chi connectivity index (χ3n) is 6.43.